The molecule has 3 aromatic carbocycles. The summed E-state index contributed by atoms with van der Waals surface area (Å²) in [5.41, 5.74) is 2.06. The van der Waals surface area contributed by atoms with E-state index < -0.39 is 28.5 Å². The Balaban J connectivity index is 1.69. The molecule has 4 rings (SSSR count). The predicted octanol–water partition coefficient (Wildman–Crippen LogP) is 6.23. The van der Waals surface area contributed by atoms with Crippen molar-refractivity contribution in [2.75, 3.05) is 10.8 Å². The summed E-state index contributed by atoms with van der Waals surface area (Å²) in [6.45, 7) is 3.22. The van der Waals surface area contributed by atoms with Crippen molar-refractivity contribution in [1.29, 1.82) is 0 Å². The number of carbonyl (C=O) groups excluding carboxylic acids is 2. The fraction of sp³-hybridized carbons (Fsp3) is 0.355. The molecule has 0 spiro atoms. The number of nitrogens with one attached hydrogen (secondary N) is 1. The minimum atomic E-state index is -4.11. The van der Waals surface area contributed by atoms with Crippen LogP contribution in [0.5, 0.6) is 0 Å². The number of sulfonamides is 1. The lowest BCUT2D eigenvalue weighted by molar-refractivity contribution is -0.139. The van der Waals surface area contributed by atoms with Gasteiger partial charge in [-0.2, -0.15) is 0 Å². The second-order valence-corrected chi connectivity index (χ2v) is 13.0. The topological polar surface area (TPSA) is 86.8 Å². The molecule has 0 aromatic heterocycles. The number of amides is 2. The molecular formula is C31H35Cl2N3O4S. The molecule has 1 saturated carbocycles. The zero-order valence-electron chi connectivity index (χ0n) is 23.2. The average Bonchev–Trinajstić information content (AvgIpc) is 3.49. The molecule has 1 aliphatic rings. The van der Waals surface area contributed by atoms with E-state index in [0.717, 1.165) is 42.0 Å². The molecular weight excluding hydrogens is 581 g/mol. The monoisotopic (exact) mass is 615 g/mol. The summed E-state index contributed by atoms with van der Waals surface area (Å²) in [4.78, 5) is 28.8. The molecule has 10 heteroatoms. The molecule has 1 aliphatic carbocycles. The number of benzene rings is 3. The first-order valence-corrected chi connectivity index (χ1v) is 16.0. The Morgan fingerprint density at radius 2 is 1.56 bits per heavy atom. The van der Waals surface area contributed by atoms with Gasteiger partial charge in [0.25, 0.3) is 10.0 Å². The summed E-state index contributed by atoms with van der Waals surface area (Å²) in [6.07, 6.45) is 4.69. The van der Waals surface area contributed by atoms with Gasteiger partial charge in [-0.15, -0.1) is 0 Å². The fourth-order valence-electron chi connectivity index (χ4n) is 4.96. The maximum Gasteiger partial charge on any atom is 0.264 e. The van der Waals surface area contributed by atoms with Gasteiger partial charge in [0.15, 0.2) is 0 Å². The molecule has 0 aliphatic heterocycles. The summed E-state index contributed by atoms with van der Waals surface area (Å²) >= 11 is 12.4. The van der Waals surface area contributed by atoms with Crippen LogP contribution in [0.15, 0.2) is 77.7 Å². The lowest BCUT2D eigenvalue weighted by atomic mass is 10.1. The summed E-state index contributed by atoms with van der Waals surface area (Å²) in [5.74, 6) is -0.806. The van der Waals surface area contributed by atoms with Crippen molar-refractivity contribution >= 4 is 50.7 Å². The average molecular weight is 617 g/mol. The second-order valence-electron chi connectivity index (χ2n) is 10.3. The van der Waals surface area contributed by atoms with Crippen LogP contribution in [0.1, 0.15) is 50.7 Å². The Hall–Kier alpha value is -3.07. The van der Waals surface area contributed by atoms with Gasteiger partial charge >= 0.3 is 0 Å². The van der Waals surface area contributed by atoms with Crippen LogP contribution in [-0.2, 0) is 32.6 Å². The van der Waals surface area contributed by atoms with Gasteiger partial charge in [-0.05, 0) is 73.7 Å². The molecule has 7 nitrogen and oxygen atoms in total. The van der Waals surface area contributed by atoms with Gasteiger partial charge in [0, 0.05) is 12.6 Å². The van der Waals surface area contributed by atoms with Gasteiger partial charge in [0.2, 0.25) is 11.8 Å². The van der Waals surface area contributed by atoms with Crippen molar-refractivity contribution in [2.45, 2.75) is 69.5 Å². The van der Waals surface area contributed by atoms with Crippen molar-refractivity contribution in [1.82, 2.24) is 10.2 Å². The van der Waals surface area contributed by atoms with Gasteiger partial charge < -0.3 is 10.2 Å². The van der Waals surface area contributed by atoms with Crippen molar-refractivity contribution in [3.8, 4) is 0 Å². The number of anilines is 1. The normalized spacial score (nSPS) is 14.4. The molecule has 0 saturated heterocycles. The minimum Gasteiger partial charge on any atom is -0.352 e. The number of hydrogen-bond donors (Lipinski definition) is 1. The van der Waals surface area contributed by atoms with E-state index in [1.54, 1.807) is 55.5 Å². The van der Waals surface area contributed by atoms with Crippen LogP contribution in [0, 0.1) is 0 Å². The third kappa shape index (κ3) is 7.61. The lowest BCUT2D eigenvalue weighted by Gasteiger charge is -2.32. The summed E-state index contributed by atoms with van der Waals surface area (Å²) in [7, 11) is -4.11. The van der Waals surface area contributed by atoms with Crippen molar-refractivity contribution in [2.24, 2.45) is 0 Å². The van der Waals surface area contributed by atoms with E-state index in [-0.39, 0.29) is 23.4 Å². The quantitative estimate of drug-likeness (QED) is 0.277. The smallest absolute Gasteiger partial charge is 0.264 e. The molecule has 1 N–H and O–H groups in total. The second kappa shape index (κ2) is 13.7. The number of carbonyl (C=O) groups is 2. The third-order valence-corrected chi connectivity index (χ3v) is 9.98. The third-order valence-electron chi connectivity index (χ3n) is 7.45. The van der Waals surface area contributed by atoms with Crippen molar-refractivity contribution < 1.29 is 18.0 Å². The van der Waals surface area contributed by atoms with Crippen LogP contribution in [0.4, 0.5) is 5.69 Å². The first-order chi connectivity index (χ1) is 19.6. The molecule has 0 radical (unpaired) electrons. The van der Waals surface area contributed by atoms with Crippen LogP contribution < -0.4 is 9.62 Å². The summed E-state index contributed by atoms with van der Waals surface area (Å²) in [6, 6.07) is 19.3. The first-order valence-electron chi connectivity index (χ1n) is 13.8. The number of aryl methyl sites for hydroxylation is 1. The van der Waals surface area contributed by atoms with E-state index in [9.17, 15) is 18.0 Å². The van der Waals surface area contributed by atoms with E-state index in [0.29, 0.717) is 21.3 Å². The summed E-state index contributed by atoms with van der Waals surface area (Å²) < 4.78 is 28.8. The molecule has 1 atom stereocenters. The van der Waals surface area contributed by atoms with Gasteiger partial charge in [0.1, 0.15) is 12.6 Å². The molecule has 0 unspecified atom stereocenters. The highest BCUT2D eigenvalue weighted by molar-refractivity contribution is 7.92. The molecule has 218 valence electrons. The largest absolute Gasteiger partial charge is 0.352 e. The Labute approximate surface area is 252 Å². The van der Waals surface area contributed by atoms with E-state index in [1.165, 1.54) is 17.0 Å². The van der Waals surface area contributed by atoms with E-state index in [2.05, 4.69) is 5.32 Å². The molecule has 2 amide bonds. The number of rotatable bonds is 11. The fourth-order valence-corrected chi connectivity index (χ4v) is 6.71. The maximum absolute atomic E-state index is 14.0. The van der Waals surface area contributed by atoms with Gasteiger partial charge in [-0.3, -0.25) is 13.9 Å². The highest BCUT2D eigenvalue weighted by Crippen LogP contribution is 2.27. The highest BCUT2D eigenvalue weighted by atomic mass is 35.5. The minimum absolute atomic E-state index is 0.0446. The SMILES string of the molecule is CCc1ccc(N(CC(=O)N(Cc2ccc(Cl)c(Cl)c2)[C@@H](C)C(=O)NC2CCCC2)S(=O)(=O)c2ccccc2)cc1. The van der Waals surface area contributed by atoms with Crippen LogP contribution in [0.3, 0.4) is 0 Å². The number of nitrogens with zero attached hydrogens (tertiary/aromatic N) is 2. The van der Waals surface area contributed by atoms with Crippen LogP contribution in [0.2, 0.25) is 10.0 Å². The van der Waals surface area contributed by atoms with E-state index >= 15 is 0 Å². The predicted molar refractivity (Wildman–Crippen MR) is 164 cm³/mol. The Kier molecular flexibility index (Phi) is 10.3. The molecule has 1 fully saturated rings. The number of halogens is 2. The Morgan fingerprint density at radius 3 is 2.17 bits per heavy atom. The molecule has 0 heterocycles. The van der Waals surface area contributed by atoms with E-state index in [4.69, 9.17) is 23.2 Å². The van der Waals surface area contributed by atoms with Crippen molar-refractivity contribution in [3.63, 3.8) is 0 Å². The standard InChI is InChI=1S/C31H35Cl2N3O4S/c1-3-23-13-16-26(17-14-23)36(41(39,40)27-11-5-4-6-12-27)21-30(37)35(20-24-15-18-28(32)29(33)19-24)22(2)31(38)34-25-9-7-8-10-25/h4-6,11-19,22,25H,3,7-10,20-21H2,1-2H3,(H,34,38)/t22-/m0/s1. The zero-order valence-corrected chi connectivity index (χ0v) is 25.6. The van der Waals surface area contributed by atoms with Crippen molar-refractivity contribution in [3.05, 3.63) is 94.0 Å². The summed E-state index contributed by atoms with van der Waals surface area (Å²) in [5, 5.41) is 3.76. The highest BCUT2D eigenvalue weighted by Gasteiger charge is 2.33. The zero-order chi connectivity index (χ0) is 29.6. The lowest BCUT2D eigenvalue weighted by Crippen LogP contribution is -2.52. The van der Waals surface area contributed by atoms with E-state index in [1.807, 2.05) is 19.1 Å². The Bertz CT molecular complexity index is 1460. The van der Waals surface area contributed by atoms with Gasteiger partial charge in [-0.1, -0.05) is 79.4 Å². The first kappa shape index (κ1) is 30.9. The van der Waals surface area contributed by atoms with Gasteiger partial charge in [-0.25, -0.2) is 8.42 Å². The van der Waals surface area contributed by atoms with Gasteiger partial charge in [0.05, 0.1) is 20.6 Å². The molecule has 41 heavy (non-hydrogen) atoms. The molecule has 3 aromatic rings. The number of hydrogen-bond acceptors (Lipinski definition) is 4. The molecule has 0 bridgehead atoms. The maximum atomic E-state index is 14.0. The van der Waals surface area contributed by atoms with Crippen LogP contribution >= 0.6 is 23.2 Å². The van der Waals surface area contributed by atoms with Crippen LogP contribution in [-0.4, -0.2) is 43.8 Å². The Morgan fingerprint density at radius 1 is 0.927 bits per heavy atom. The van der Waals surface area contributed by atoms with Crippen LogP contribution in [0.25, 0.3) is 0 Å².